The molecular weight excluding hydrogens is 1850 g/mol. The Kier molecular flexibility index (Phi) is 89.6. The predicted octanol–water partition coefficient (Wildman–Crippen LogP) is 7.84. The van der Waals surface area contributed by atoms with Gasteiger partial charge in [0.05, 0.1) is 46.2 Å². The van der Waals surface area contributed by atoms with E-state index in [4.69, 9.17) is 60.0 Å². The van der Waals surface area contributed by atoms with Crippen LogP contribution in [0, 0.1) is 0 Å². The summed E-state index contributed by atoms with van der Waals surface area (Å²) in [5, 5.41) is 36.7. The van der Waals surface area contributed by atoms with E-state index in [1.54, 1.807) is 135 Å². The molecule has 8 rings (SSSR count). The van der Waals surface area contributed by atoms with Gasteiger partial charge in [0, 0.05) is 164 Å². The second kappa shape index (κ2) is 93.7. The molecule has 0 heterocycles. The van der Waals surface area contributed by atoms with Crippen molar-refractivity contribution in [3.8, 4) is 0 Å². The minimum atomic E-state index is -1.08. The van der Waals surface area contributed by atoms with Gasteiger partial charge in [-0.3, -0.25) is 24.2 Å². The summed E-state index contributed by atoms with van der Waals surface area (Å²) in [6, 6.07) is 67.9. The molecule has 135 heavy (non-hydrogen) atoms. The second-order valence-corrected chi connectivity index (χ2v) is 26.3. The number of carboxylic acid groups (broad SMARTS) is 3. The Hall–Kier alpha value is -12.1. The van der Waals surface area contributed by atoms with Crippen molar-refractivity contribution >= 4 is 124 Å². The van der Waals surface area contributed by atoms with E-state index in [-0.39, 0.29) is 84.9 Å². The zero-order chi connectivity index (χ0) is 100. The molecule has 0 spiro atoms. The van der Waals surface area contributed by atoms with Crippen molar-refractivity contribution < 1.29 is 168 Å². The maximum Gasteiger partial charge on any atom is 1.00 e. The van der Waals surface area contributed by atoms with Crippen molar-refractivity contribution in [1.82, 2.24) is 15.1 Å². The third-order valence-corrected chi connectivity index (χ3v) is 15.6. The fraction of sp³-hybridized carbons (Fsp3) is 0.279. The number of ether oxygens (including phenoxy) is 7. The molecule has 0 atom stereocenters. The molecule has 8 aromatic rings. The Bertz CT molecular complexity index is 4660. The van der Waals surface area contributed by atoms with Crippen LogP contribution in [0.25, 0.3) is 48.6 Å². The van der Waals surface area contributed by atoms with Gasteiger partial charge in [-0.15, -0.1) is 0 Å². The summed E-state index contributed by atoms with van der Waals surface area (Å²) in [5.41, 5.74) is 17.7. The summed E-state index contributed by atoms with van der Waals surface area (Å²) in [6.45, 7) is 21.7. The van der Waals surface area contributed by atoms with Crippen LogP contribution in [0.2, 0.25) is 0 Å². The normalized spacial score (nSPS) is 10.3. The van der Waals surface area contributed by atoms with Crippen LogP contribution in [0.3, 0.4) is 0 Å². The molecular formula is C104H131BIN4NaO24-. The maximum atomic E-state index is 11.4. The van der Waals surface area contributed by atoms with Crippen LogP contribution in [0.1, 0.15) is 130 Å². The summed E-state index contributed by atoms with van der Waals surface area (Å²) in [4.78, 5) is 128. The number of benzene rings is 8. The van der Waals surface area contributed by atoms with Gasteiger partial charge in [0.2, 0.25) is 0 Å². The zero-order valence-corrected chi connectivity index (χ0v) is 83.7. The molecule has 0 aliphatic heterocycles. The molecule has 0 fully saturated rings. The number of nitrogens with two attached hydrogens (primary N) is 1. The number of rotatable bonds is 40. The van der Waals surface area contributed by atoms with Crippen molar-refractivity contribution in [2.75, 3.05) is 125 Å². The molecule has 723 valence electrons. The van der Waals surface area contributed by atoms with Gasteiger partial charge in [0.15, 0.2) is 0 Å². The number of esters is 3. The fourth-order valence-corrected chi connectivity index (χ4v) is 9.57. The van der Waals surface area contributed by atoms with Crippen molar-refractivity contribution in [1.29, 1.82) is 0.594 Å². The monoisotopic (exact) mass is 1980 g/mol. The number of nitrogens with zero attached hydrogens (tertiary/aromatic N) is 2. The number of halogens is 1. The van der Waals surface area contributed by atoms with E-state index >= 15 is 0 Å². The first-order valence-electron chi connectivity index (χ1n) is 42.3. The van der Waals surface area contributed by atoms with Gasteiger partial charge in [0.1, 0.15) is 18.9 Å². The van der Waals surface area contributed by atoms with Crippen LogP contribution in [0.5, 0.6) is 0 Å². The van der Waals surface area contributed by atoms with Crippen LogP contribution in [0.4, 0.5) is 0 Å². The quantitative estimate of drug-likeness (QED) is 0.00233. The van der Waals surface area contributed by atoms with Gasteiger partial charge in [0.25, 0.3) is 0 Å². The minimum Gasteiger partial charge on any atom is 0 e. The maximum absolute atomic E-state index is 11.4. The van der Waals surface area contributed by atoms with Crippen LogP contribution in [0.15, 0.2) is 261 Å². The Morgan fingerprint density at radius 3 is 0.941 bits per heavy atom. The predicted molar refractivity (Wildman–Crippen MR) is 525 cm³/mol. The minimum absolute atomic E-state index is 0. The first-order chi connectivity index (χ1) is 64.6. The van der Waals surface area contributed by atoms with Gasteiger partial charge < -0.3 is 69.4 Å². The molecule has 0 saturated carbocycles. The molecule has 8 aromatic carbocycles. The number of nitrogens with one attached hydrogen (secondary N) is 1. The number of allylic oxidation sites excluding steroid dienone is 1. The number of aldehydes is 3. The summed E-state index contributed by atoms with van der Waals surface area (Å²) in [6.07, 6.45) is 28.8. The van der Waals surface area contributed by atoms with Crippen molar-refractivity contribution in [2.45, 2.75) is 68.1 Å². The SMILES string of the molecule is CC(=O)OOC(C)=O.CC(=O)[O-].CCO.CCOC(=O)/C=C/c1ccc(C=O)cc1.CCOC(=O)/C=C/c1ccc(CN(C/C=C/c2ccccc2)CCOC)cc1.CCOC(=O)/C=C/c1ccc(CNCCOC)cc1.COCCN.COCCN(C/C=C/c1ccccc1)Cc1ccc(/C=C/C(=O)O)cc1.O=C/C=C/c1ccccc1.O=Cc1ccc(/C=C/C(=O)O)cc1.[2H][I-]C.[B].[Na+]. The number of methoxy groups -OCH3 is 4. The average molecular weight is 1980 g/mol. The Labute approximate surface area is 834 Å². The molecule has 0 unspecified atom stereocenters. The standard InChI is InChI=1S/C24H29NO3.C22H25NO3.C15H21NO3.C12H12O3.C10H8O3.C9H8O.C4H6O4.C3H9NO.C2H4O2.C2H6O.CH4I.B.Na/c1-3-28-24(26)16-15-22-11-13-23(14-12-22)20-25(18-19-27-2)17-7-10-21-8-5-4-6-9-21;1-26-17-16-23(15-5-8-19-6-3-2-4-7-19)18-21-11-9-20(10-12-21)13-14-22(24)25;1-3-19-15(17)9-8-13-4-6-14(7-5-13)12-16-10-11-18-2;1-2-15-12(14)8-7-10-3-5-11(9-13)6-4-10;11-7-9-3-1-8(2-4-9)5-6-10(12)13;10-8-4-7-9-5-2-1-3-6-9;1-3(5)7-8-4(2)6;1-5-3-2-4;1-2(3)4;1-2-3;1-2;;/h4-16H,3,17-20H2,1-2H3;2-14H,15-18H2,1H3,(H,24,25);4-9,16H,3,10-12H2,1-2H3;3-9H,2H2,1H3;1-7H,(H,12,13);1-8H;1-2H3;2-4H2,1H3;1H3,(H,3,4);3H,2H2,1H3;2H,1H3;;/q;;;;;;;;;;-1;;+1/p-1/b10-7+,16-15+;8-5+,14-13+;9-8+;8-7+;6-5+;7-4+;;;;;;;/i;;;;;;;;;;2D;;. The molecule has 0 bridgehead atoms. The zero-order valence-electron chi connectivity index (χ0n) is 80.5. The van der Waals surface area contributed by atoms with Crippen LogP contribution < -0.4 is 68.1 Å². The number of hydrogen-bond acceptors (Lipinski definition) is 26. The molecule has 0 aliphatic carbocycles. The number of aliphatic hydroxyl groups is 1. The van der Waals surface area contributed by atoms with Gasteiger partial charge in [-0.05, 0) is 132 Å². The van der Waals surface area contributed by atoms with E-state index < -0.39 is 29.8 Å². The van der Waals surface area contributed by atoms with E-state index in [1.807, 2.05) is 132 Å². The van der Waals surface area contributed by atoms with E-state index in [0.717, 1.165) is 138 Å². The number of carboxylic acids is 3. The summed E-state index contributed by atoms with van der Waals surface area (Å²) < 4.78 is 40.7. The number of hydrogen-bond donors (Lipinski definition) is 5. The number of carbonyl (C=O) groups excluding carboxylic acids is 9. The molecule has 0 saturated heterocycles. The summed E-state index contributed by atoms with van der Waals surface area (Å²) in [7, 11) is 6.75. The van der Waals surface area contributed by atoms with Gasteiger partial charge in [-0.1, -0.05) is 243 Å². The van der Waals surface area contributed by atoms with Crippen molar-refractivity contribution in [2.24, 2.45) is 5.73 Å². The Morgan fingerprint density at radius 2 is 0.689 bits per heavy atom. The molecule has 0 amide bonds. The van der Waals surface area contributed by atoms with E-state index in [0.29, 0.717) is 63.9 Å². The third kappa shape index (κ3) is 83.5. The van der Waals surface area contributed by atoms with Gasteiger partial charge in [-0.2, -0.15) is 0 Å². The van der Waals surface area contributed by atoms with E-state index in [1.165, 1.54) is 58.2 Å². The van der Waals surface area contributed by atoms with Crippen LogP contribution >= 0.6 is 0 Å². The third-order valence-electron chi connectivity index (χ3n) is 15.6. The van der Waals surface area contributed by atoms with E-state index in [9.17, 15) is 47.9 Å². The number of carbonyl (C=O) groups is 11. The van der Waals surface area contributed by atoms with E-state index in [2.05, 4.69) is 90.3 Å². The van der Waals surface area contributed by atoms with Crippen LogP contribution in [-0.4, -0.2) is 226 Å². The topological polar surface area (TPSA) is 399 Å². The molecule has 3 radical (unpaired) electrons. The van der Waals surface area contributed by atoms with Crippen molar-refractivity contribution in [3.05, 3.63) is 333 Å². The Balaban J connectivity index is -0.000000491. The smallest absolute Gasteiger partial charge is 0 e. The summed E-state index contributed by atoms with van der Waals surface area (Å²) in [5.74, 6) is -5.28. The first kappa shape index (κ1) is 129. The molecule has 31 heteroatoms. The van der Waals surface area contributed by atoms with Gasteiger partial charge in [-0.25, -0.2) is 43.3 Å². The molecule has 0 aromatic heterocycles. The second-order valence-electron chi connectivity index (χ2n) is 26.3. The summed E-state index contributed by atoms with van der Waals surface area (Å²) >= 11 is -0.160. The molecule has 0 aliphatic rings. The Morgan fingerprint density at radius 1 is 0.422 bits per heavy atom. The fourth-order valence-electron chi connectivity index (χ4n) is 9.57. The van der Waals surface area contributed by atoms with Crippen molar-refractivity contribution in [3.63, 3.8) is 0 Å². The number of aliphatic hydroxyl groups excluding tert-OH is 1. The van der Waals surface area contributed by atoms with Gasteiger partial charge >= 0.3 is 99.3 Å². The largest absolute Gasteiger partial charge is 1.00 e. The molecule has 28 nitrogen and oxygen atoms in total. The average Bonchev–Trinajstić information content (AvgIpc) is 0.884. The molecule has 6 N–H and O–H groups in total. The van der Waals surface area contributed by atoms with Crippen LogP contribution in [-0.2, 0) is 106 Å². The number of aliphatic carboxylic acids is 3. The first-order valence-corrected chi connectivity index (χ1v) is 44.1. The number of alkyl halides is 1.